The number of aromatic nitrogens is 1. The molecule has 0 radical (unpaired) electrons. The number of hydrogen-bond donors (Lipinski definition) is 1. The van der Waals surface area contributed by atoms with E-state index in [2.05, 4.69) is 0 Å². The van der Waals surface area contributed by atoms with Crippen LogP contribution in [0.15, 0.2) is 10.9 Å². The quantitative estimate of drug-likeness (QED) is 0.846. The lowest BCUT2D eigenvalue weighted by Crippen LogP contribution is -2.42. The largest absolute Gasteiger partial charge is 0.477 e. The molecule has 7 nitrogen and oxygen atoms in total. The Balaban J connectivity index is 2.32. The van der Waals surface area contributed by atoms with E-state index < -0.39 is 23.2 Å². The molecule has 0 atom stereocenters. The summed E-state index contributed by atoms with van der Waals surface area (Å²) in [6.45, 7) is 6.03. The fourth-order valence-electron chi connectivity index (χ4n) is 2.46. The number of aromatic carboxylic acids is 1. The molecule has 0 saturated carbocycles. The summed E-state index contributed by atoms with van der Waals surface area (Å²) in [7, 11) is 1.55. The van der Waals surface area contributed by atoms with Gasteiger partial charge in [0.25, 0.3) is 5.56 Å². The normalized spacial score (nSPS) is 14.5. The molecule has 2 rings (SSSR count). The zero-order valence-corrected chi connectivity index (χ0v) is 13.2. The third-order valence-electron chi connectivity index (χ3n) is 3.49. The minimum Gasteiger partial charge on any atom is -0.477 e. The van der Waals surface area contributed by atoms with Crippen molar-refractivity contribution in [3.63, 3.8) is 0 Å². The van der Waals surface area contributed by atoms with Gasteiger partial charge in [-0.25, -0.2) is 9.59 Å². The van der Waals surface area contributed by atoms with Crippen LogP contribution in [0.25, 0.3) is 0 Å². The molecule has 1 aromatic rings. The lowest BCUT2D eigenvalue weighted by molar-refractivity contribution is 0.0221. The van der Waals surface area contributed by atoms with Gasteiger partial charge >= 0.3 is 12.1 Å². The number of carbonyl (C=O) groups is 2. The highest BCUT2D eigenvalue weighted by Crippen LogP contribution is 2.20. The van der Waals surface area contributed by atoms with Gasteiger partial charge in [0.1, 0.15) is 11.2 Å². The zero-order valence-electron chi connectivity index (χ0n) is 13.2. The van der Waals surface area contributed by atoms with E-state index in [1.165, 1.54) is 15.5 Å². The Morgan fingerprint density at radius 2 is 1.95 bits per heavy atom. The summed E-state index contributed by atoms with van der Waals surface area (Å²) < 4.78 is 6.68. The summed E-state index contributed by atoms with van der Waals surface area (Å²) in [4.78, 5) is 36.7. The molecule has 2 heterocycles. The van der Waals surface area contributed by atoms with Gasteiger partial charge in [0.15, 0.2) is 0 Å². The molecule has 0 aromatic carbocycles. The van der Waals surface area contributed by atoms with Crippen LogP contribution >= 0.6 is 0 Å². The van der Waals surface area contributed by atoms with E-state index in [1.54, 1.807) is 27.8 Å². The number of nitrogens with zero attached hydrogens (tertiary/aromatic N) is 2. The van der Waals surface area contributed by atoms with Crippen molar-refractivity contribution in [3.05, 3.63) is 33.2 Å². The zero-order chi connectivity index (χ0) is 16.7. The van der Waals surface area contributed by atoms with E-state index >= 15 is 0 Å². The lowest BCUT2D eigenvalue weighted by Gasteiger charge is -2.32. The number of rotatable bonds is 1. The summed E-state index contributed by atoms with van der Waals surface area (Å²) in [5.74, 6) is -1.27. The van der Waals surface area contributed by atoms with E-state index in [9.17, 15) is 14.4 Å². The molecule has 7 heteroatoms. The molecule has 120 valence electrons. The first-order valence-corrected chi connectivity index (χ1v) is 7.03. The van der Waals surface area contributed by atoms with Crippen LogP contribution in [0.1, 0.15) is 42.4 Å². The minimum atomic E-state index is -1.27. The Labute approximate surface area is 128 Å². The number of hydrogen-bond acceptors (Lipinski definition) is 4. The molecule has 0 unspecified atom stereocenters. The molecular weight excluding hydrogens is 288 g/mol. The Morgan fingerprint density at radius 3 is 2.50 bits per heavy atom. The van der Waals surface area contributed by atoms with Crippen LogP contribution in [-0.4, -0.2) is 38.8 Å². The van der Waals surface area contributed by atoms with Crippen LogP contribution in [0.2, 0.25) is 0 Å². The highest BCUT2D eigenvalue weighted by molar-refractivity contribution is 5.87. The number of ether oxygens (including phenoxy) is 1. The van der Waals surface area contributed by atoms with E-state index in [0.717, 1.165) is 5.69 Å². The van der Waals surface area contributed by atoms with Gasteiger partial charge in [-0.1, -0.05) is 0 Å². The Morgan fingerprint density at radius 1 is 1.32 bits per heavy atom. The first-order valence-electron chi connectivity index (χ1n) is 7.03. The molecule has 1 N–H and O–H groups in total. The lowest BCUT2D eigenvalue weighted by atomic mass is 10.0. The average molecular weight is 308 g/mol. The maximum absolute atomic E-state index is 12.1. The van der Waals surface area contributed by atoms with Gasteiger partial charge in [-0.3, -0.25) is 4.79 Å². The predicted octanol–water partition coefficient (Wildman–Crippen LogP) is 1.38. The van der Waals surface area contributed by atoms with Crippen molar-refractivity contribution in [1.29, 1.82) is 0 Å². The standard InChI is InChI=1S/C15H20N2O5/c1-15(2,3)22-14(21)17-6-5-11-9(8-17)7-10(13(19)20)12(18)16(11)4/h7H,5-6,8H2,1-4H3,(H,19,20). The molecule has 0 bridgehead atoms. The number of carboxylic acid groups (broad SMARTS) is 1. The number of carboxylic acids is 1. The molecule has 1 aliphatic heterocycles. The number of fused-ring (bicyclic) bond motifs is 1. The van der Waals surface area contributed by atoms with Gasteiger partial charge in [-0.15, -0.1) is 0 Å². The predicted molar refractivity (Wildman–Crippen MR) is 79.0 cm³/mol. The van der Waals surface area contributed by atoms with Gasteiger partial charge in [-0.05, 0) is 32.4 Å². The molecular formula is C15H20N2O5. The summed E-state index contributed by atoms with van der Waals surface area (Å²) in [6.07, 6.45) is 0.0455. The van der Waals surface area contributed by atoms with E-state index in [1.807, 2.05) is 0 Å². The monoisotopic (exact) mass is 308 g/mol. The summed E-state index contributed by atoms with van der Waals surface area (Å²) in [6, 6.07) is 1.36. The molecule has 0 saturated heterocycles. The topological polar surface area (TPSA) is 88.8 Å². The van der Waals surface area contributed by atoms with Crippen LogP contribution in [-0.2, 0) is 24.8 Å². The van der Waals surface area contributed by atoms with Crippen LogP contribution in [0, 0.1) is 0 Å². The molecule has 1 aliphatic rings. The molecule has 0 aliphatic carbocycles. The van der Waals surface area contributed by atoms with Crippen molar-refractivity contribution in [3.8, 4) is 0 Å². The van der Waals surface area contributed by atoms with E-state index in [4.69, 9.17) is 9.84 Å². The van der Waals surface area contributed by atoms with Gasteiger partial charge in [0, 0.05) is 25.7 Å². The van der Waals surface area contributed by atoms with Gasteiger partial charge < -0.3 is 19.3 Å². The maximum Gasteiger partial charge on any atom is 0.410 e. The Hall–Kier alpha value is -2.31. The van der Waals surface area contributed by atoms with Crippen molar-refractivity contribution in [2.24, 2.45) is 7.05 Å². The van der Waals surface area contributed by atoms with Crippen LogP contribution < -0.4 is 5.56 Å². The van der Waals surface area contributed by atoms with Crippen LogP contribution in [0.4, 0.5) is 4.79 Å². The highest BCUT2D eigenvalue weighted by Gasteiger charge is 2.28. The first kappa shape index (κ1) is 16.1. The van der Waals surface area contributed by atoms with Gasteiger partial charge in [-0.2, -0.15) is 0 Å². The van der Waals surface area contributed by atoms with Crippen molar-refractivity contribution in [1.82, 2.24) is 9.47 Å². The van der Waals surface area contributed by atoms with Crippen molar-refractivity contribution in [2.75, 3.05) is 6.54 Å². The molecule has 22 heavy (non-hydrogen) atoms. The highest BCUT2D eigenvalue weighted by atomic mass is 16.6. The van der Waals surface area contributed by atoms with E-state index in [0.29, 0.717) is 18.5 Å². The number of carbonyl (C=O) groups excluding carboxylic acids is 1. The molecule has 1 amide bonds. The fraction of sp³-hybridized carbons (Fsp3) is 0.533. The second kappa shape index (κ2) is 5.47. The van der Waals surface area contributed by atoms with Gasteiger partial charge in [0.2, 0.25) is 0 Å². The fourth-order valence-corrected chi connectivity index (χ4v) is 2.46. The third kappa shape index (κ3) is 3.13. The van der Waals surface area contributed by atoms with Crippen molar-refractivity contribution < 1.29 is 19.4 Å². The maximum atomic E-state index is 12.1. The van der Waals surface area contributed by atoms with Gasteiger partial charge in [0.05, 0.1) is 6.54 Å². The van der Waals surface area contributed by atoms with Crippen LogP contribution in [0.3, 0.4) is 0 Å². The first-order chi connectivity index (χ1) is 10.1. The average Bonchev–Trinajstić information content (AvgIpc) is 2.40. The minimum absolute atomic E-state index is 0.235. The summed E-state index contributed by atoms with van der Waals surface area (Å²) in [5.41, 5.74) is 0.0170. The molecule has 0 spiro atoms. The van der Waals surface area contributed by atoms with E-state index in [-0.39, 0.29) is 12.1 Å². The molecule has 1 aromatic heterocycles. The second-order valence-corrected chi connectivity index (χ2v) is 6.35. The Bertz CT molecular complexity index is 684. The summed E-state index contributed by atoms with van der Waals surface area (Å²) >= 11 is 0. The summed E-state index contributed by atoms with van der Waals surface area (Å²) in [5, 5.41) is 9.10. The SMILES string of the molecule is Cn1c2c(cc(C(=O)O)c1=O)CN(C(=O)OC(C)(C)C)CC2. The second-order valence-electron chi connectivity index (χ2n) is 6.35. The third-order valence-corrected chi connectivity index (χ3v) is 3.49. The van der Waals surface area contributed by atoms with Crippen molar-refractivity contribution >= 4 is 12.1 Å². The Kier molecular flexibility index (Phi) is 4.00. The number of pyridine rings is 1. The smallest absolute Gasteiger partial charge is 0.410 e. The number of amides is 1. The van der Waals surface area contributed by atoms with Crippen LogP contribution in [0.5, 0.6) is 0 Å². The van der Waals surface area contributed by atoms with Crippen molar-refractivity contribution in [2.45, 2.75) is 39.3 Å². The molecule has 0 fully saturated rings.